The summed E-state index contributed by atoms with van der Waals surface area (Å²) in [6.07, 6.45) is 0.880. The quantitative estimate of drug-likeness (QED) is 0.211. The lowest BCUT2D eigenvalue weighted by molar-refractivity contribution is -0.114. The first-order valence-electron chi connectivity index (χ1n) is 12.9. The molecule has 1 aliphatic rings. The van der Waals surface area contributed by atoms with Crippen LogP contribution in [0, 0.1) is 11.3 Å². The van der Waals surface area contributed by atoms with Gasteiger partial charge in [-0.15, -0.1) is 11.3 Å². The molecule has 1 aromatic heterocycles. The van der Waals surface area contributed by atoms with Gasteiger partial charge in [0.2, 0.25) is 5.91 Å². The molecule has 2 heterocycles. The molecule has 4 aromatic rings. The topological polar surface area (TPSA) is 94.0 Å². The van der Waals surface area contributed by atoms with Crippen LogP contribution >= 0.6 is 23.1 Å². The van der Waals surface area contributed by atoms with Crippen LogP contribution in [-0.2, 0) is 16.0 Å². The number of nitrogens with zero attached hydrogens (tertiary/aromatic N) is 1. The summed E-state index contributed by atoms with van der Waals surface area (Å²) in [5, 5.41) is 23.2. The molecule has 0 saturated heterocycles. The van der Waals surface area contributed by atoms with Crippen LogP contribution in [0.15, 0.2) is 106 Å². The Labute approximate surface area is 241 Å². The van der Waals surface area contributed by atoms with Crippen LogP contribution in [0.25, 0.3) is 10.1 Å². The molecule has 1 unspecified atom stereocenters. The normalized spacial score (nSPS) is 15.0. The number of amides is 2. The lowest BCUT2D eigenvalue weighted by atomic mass is 9.82. The molecule has 200 valence electrons. The minimum Gasteiger partial charge on any atom is -0.353 e. The molecule has 0 bridgehead atoms. The van der Waals surface area contributed by atoms with Gasteiger partial charge in [0, 0.05) is 27.3 Å². The monoisotopic (exact) mass is 564 g/mol. The summed E-state index contributed by atoms with van der Waals surface area (Å²) in [5.41, 5.74) is 5.00. The largest absolute Gasteiger partial charge is 0.353 e. The number of anilines is 2. The highest BCUT2D eigenvalue weighted by Gasteiger charge is 2.36. The number of dihydropyridines is 1. The average molecular weight is 565 g/mol. The Balaban J connectivity index is 1.47. The van der Waals surface area contributed by atoms with Gasteiger partial charge in [-0.3, -0.25) is 9.59 Å². The van der Waals surface area contributed by atoms with E-state index in [0.29, 0.717) is 27.6 Å². The summed E-state index contributed by atoms with van der Waals surface area (Å²) in [4.78, 5) is 26.6. The molecule has 0 spiro atoms. The van der Waals surface area contributed by atoms with Crippen molar-refractivity contribution in [3.05, 3.63) is 117 Å². The van der Waals surface area contributed by atoms with Crippen molar-refractivity contribution < 1.29 is 9.59 Å². The summed E-state index contributed by atoms with van der Waals surface area (Å²) in [5.74, 6) is -0.920. The molecule has 0 fully saturated rings. The smallest absolute Gasteiger partial charge is 0.254 e. The Morgan fingerprint density at radius 3 is 2.52 bits per heavy atom. The van der Waals surface area contributed by atoms with Gasteiger partial charge in [0.25, 0.3) is 5.91 Å². The fraction of sp³-hybridized carbons (Fsp3) is 0.156. The summed E-state index contributed by atoms with van der Waals surface area (Å²) >= 11 is 2.85. The molecule has 2 amide bonds. The molecule has 0 aliphatic carbocycles. The molecule has 6 nitrogen and oxygen atoms in total. The second kappa shape index (κ2) is 12.2. The van der Waals surface area contributed by atoms with E-state index in [9.17, 15) is 14.9 Å². The maximum atomic E-state index is 13.7. The van der Waals surface area contributed by atoms with E-state index >= 15 is 0 Å². The third-order valence-corrected chi connectivity index (χ3v) is 8.71. The Hall–Kier alpha value is -4.32. The third kappa shape index (κ3) is 5.81. The fourth-order valence-corrected chi connectivity index (χ4v) is 6.66. The van der Waals surface area contributed by atoms with E-state index in [0.717, 1.165) is 33.3 Å². The van der Waals surface area contributed by atoms with Crippen molar-refractivity contribution in [1.29, 1.82) is 5.26 Å². The van der Waals surface area contributed by atoms with Gasteiger partial charge in [-0.2, -0.15) is 5.26 Å². The first-order valence-corrected chi connectivity index (χ1v) is 14.8. The van der Waals surface area contributed by atoms with E-state index in [2.05, 4.69) is 28.9 Å². The molecule has 3 aromatic carbocycles. The molecule has 1 aliphatic heterocycles. The number of hydrogen-bond acceptors (Lipinski definition) is 6. The maximum absolute atomic E-state index is 13.7. The number of carbonyl (C=O) groups is 2. The zero-order valence-electron chi connectivity index (χ0n) is 22.2. The van der Waals surface area contributed by atoms with Gasteiger partial charge in [-0.1, -0.05) is 67.2 Å². The van der Waals surface area contributed by atoms with E-state index in [-0.39, 0.29) is 17.6 Å². The van der Waals surface area contributed by atoms with Crippen molar-refractivity contribution in [3.63, 3.8) is 0 Å². The van der Waals surface area contributed by atoms with Crippen LogP contribution in [0.1, 0.15) is 30.9 Å². The Bertz CT molecular complexity index is 1680. The minimum absolute atomic E-state index is 0.111. The Morgan fingerprint density at radius 1 is 1.00 bits per heavy atom. The van der Waals surface area contributed by atoms with Crippen molar-refractivity contribution >= 4 is 56.4 Å². The molecule has 8 heteroatoms. The van der Waals surface area contributed by atoms with E-state index in [1.54, 1.807) is 11.3 Å². The van der Waals surface area contributed by atoms with E-state index in [4.69, 9.17) is 0 Å². The predicted octanol–water partition coefficient (Wildman–Crippen LogP) is 7.17. The van der Waals surface area contributed by atoms with Crippen molar-refractivity contribution in [2.45, 2.75) is 26.2 Å². The third-order valence-electron chi connectivity index (χ3n) is 6.71. The molecular formula is C32H28N4O2S2. The number of hydrogen-bond donors (Lipinski definition) is 3. The summed E-state index contributed by atoms with van der Waals surface area (Å²) in [6.45, 7) is 3.91. The van der Waals surface area contributed by atoms with Crippen molar-refractivity contribution in [3.8, 4) is 6.07 Å². The van der Waals surface area contributed by atoms with Crippen LogP contribution in [0.5, 0.6) is 0 Å². The standard InChI is InChI=1S/C32H28N4O2S2/c1-3-21-10-9-13-23(16-21)35-28(37)19-40-32-25(17-33)30(26-18-39-27-15-8-7-14-24(26)27)29(20(2)34-32)31(38)36-22-11-5-4-6-12-22/h4-16,18,30,34H,3,19H2,1-2H3,(H,35,37)(H,36,38). The number of allylic oxidation sites excluding steroid dienone is 2. The molecule has 5 rings (SSSR count). The van der Waals surface area contributed by atoms with Crippen LogP contribution in [0.4, 0.5) is 11.4 Å². The molecule has 1 atom stereocenters. The average Bonchev–Trinajstić information content (AvgIpc) is 3.40. The first kappa shape index (κ1) is 27.3. The second-order valence-electron chi connectivity index (χ2n) is 9.35. The number of carbonyl (C=O) groups excluding carboxylic acids is 2. The number of benzene rings is 3. The number of para-hydroxylation sites is 1. The Kier molecular flexibility index (Phi) is 8.34. The van der Waals surface area contributed by atoms with Gasteiger partial charge < -0.3 is 16.0 Å². The summed E-state index contributed by atoms with van der Waals surface area (Å²) in [7, 11) is 0. The highest BCUT2D eigenvalue weighted by molar-refractivity contribution is 8.03. The highest BCUT2D eigenvalue weighted by Crippen LogP contribution is 2.44. The molecule has 0 saturated carbocycles. The lowest BCUT2D eigenvalue weighted by Gasteiger charge is -2.29. The van der Waals surface area contributed by atoms with Gasteiger partial charge in [-0.05, 0) is 65.6 Å². The van der Waals surface area contributed by atoms with Crippen LogP contribution in [0.3, 0.4) is 0 Å². The van der Waals surface area contributed by atoms with E-state index in [1.807, 2.05) is 91.2 Å². The SMILES string of the molecule is CCc1cccc(NC(=O)CSC2=C(C#N)C(c3csc4ccccc34)C(C(=O)Nc3ccccc3)=C(C)N2)c1. The van der Waals surface area contributed by atoms with E-state index < -0.39 is 5.92 Å². The van der Waals surface area contributed by atoms with Crippen LogP contribution in [-0.4, -0.2) is 17.6 Å². The van der Waals surface area contributed by atoms with Crippen LogP contribution < -0.4 is 16.0 Å². The molecule has 40 heavy (non-hydrogen) atoms. The van der Waals surface area contributed by atoms with Crippen molar-refractivity contribution in [1.82, 2.24) is 5.32 Å². The first-order chi connectivity index (χ1) is 19.5. The van der Waals surface area contributed by atoms with Gasteiger partial charge in [0.05, 0.1) is 28.3 Å². The predicted molar refractivity (Wildman–Crippen MR) is 165 cm³/mol. The lowest BCUT2D eigenvalue weighted by Crippen LogP contribution is -2.31. The molecular weight excluding hydrogens is 537 g/mol. The van der Waals surface area contributed by atoms with Gasteiger partial charge in [0.1, 0.15) is 0 Å². The fourth-order valence-electron chi connectivity index (χ4n) is 4.78. The van der Waals surface area contributed by atoms with Gasteiger partial charge >= 0.3 is 0 Å². The number of nitrogens with one attached hydrogen (secondary N) is 3. The molecule has 0 radical (unpaired) electrons. The number of thioether (sulfide) groups is 1. The zero-order chi connectivity index (χ0) is 28.1. The minimum atomic E-state index is -0.585. The number of fused-ring (bicyclic) bond motifs is 1. The number of nitriles is 1. The van der Waals surface area contributed by atoms with Crippen LogP contribution in [0.2, 0.25) is 0 Å². The Morgan fingerprint density at radius 2 is 1.75 bits per heavy atom. The van der Waals surface area contributed by atoms with Gasteiger partial charge in [0.15, 0.2) is 0 Å². The van der Waals surface area contributed by atoms with E-state index in [1.165, 1.54) is 11.8 Å². The summed E-state index contributed by atoms with van der Waals surface area (Å²) < 4.78 is 1.08. The molecule has 3 N–H and O–H groups in total. The van der Waals surface area contributed by atoms with Crippen molar-refractivity contribution in [2.75, 3.05) is 16.4 Å². The number of aryl methyl sites for hydroxylation is 1. The number of rotatable bonds is 8. The highest BCUT2D eigenvalue weighted by atomic mass is 32.2. The van der Waals surface area contributed by atoms with Gasteiger partial charge in [-0.25, -0.2) is 0 Å². The second-order valence-corrected chi connectivity index (χ2v) is 11.2. The van der Waals surface area contributed by atoms with Crippen molar-refractivity contribution in [2.24, 2.45) is 0 Å². The summed E-state index contributed by atoms with van der Waals surface area (Å²) in [6, 6.07) is 27.4. The zero-order valence-corrected chi connectivity index (χ0v) is 23.8. The maximum Gasteiger partial charge on any atom is 0.254 e. The number of thiophene rings is 1.